The second kappa shape index (κ2) is 10.6. The number of hydrogen-bond donors (Lipinski definition) is 0. The molecule has 0 spiro atoms. The van der Waals surface area contributed by atoms with Crippen LogP contribution in [0.2, 0.25) is 0 Å². The molecule has 3 rings (SSSR count). The van der Waals surface area contributed by atoms with Crippen LogP contribution >= 0.6 is 17.2 Å². The van der Waals surface area contributed by atoms with E-state index in [1.54, 1.807) is 0 Å². The van der Waals surface area contributed by atoms with E-state index in [0.717, 1.165) is 6.16 Å². The zero-order valence-electron chi connectivity index (χ0n) is 22.6. The normalized spacial score (nSPS) is 12.9. The second-order valence-electron chi connectivity index (χ2n) is 11.0. The Morgan fingerprint density at radius 1 is 0.618 bits per heavy atom. The van der Waals surface area contributed by atoms with Crippen molar-refractivity contribution >= 4 is 17.2 Å². The van der Waals surface area contributed by atoms with Crippen molar-refractivity contribution in [3.63, 3.8) is 0 Å². The van der Waals surface area contributed by atoms with Gasteiger partial charge in [-0.3, -0.25) is 0 Å². The van der Waals surface area contributed by atoms with E-state index in [0.29, 0.717) is 10.3 Å². The fourth-order valence-corrected chi connectivity index (χ4v) is 10.1. The Bertz CT molecular complexity index is 1050. The standard InChI is InChI=1S/C32H44P2/c1-9-30(5,6)34(31(7,8)10-2)23-26-19-13-16-22-29(26)32(33,27-20-14-11-17-24(27)3)28-21-15-12-18-25(28)4/h11-22H,9-10,23,33H2,1-8H3. The van der Waals surface area contributed by atoms with Gasteiger partial charge in [-0.05, 0) is 76.5 Å². The Kier molecular flexibility index (Phi) is 8.49. The smallest absolute Gasteiger partial charge is 0.0599 e. The molecule has 3 aromatic carbocycles. The van der Waals surface area contributed by atoms with Gasteiger partial charge < -0.3 is 0 Å². The highest BCUT2D eigenvalue weighted by atomic mass is 31.1. The summed E-state index contributed by atoms with van der Waals surface area (Å²) in [5.41, 5.74) is 8.33. The monoisotopic (exact) mass is 490 g/mol. The Balaban J connectivity index is 2.29. The zero-order valence-corrected chi connectivity index (χ0v) is 24.6. The Labute approximate surface area is 212 Å². The molecule has 0 saturated carbocycles. The van der Waals surface area contributed by atoms with Crippen LogP contribution in [0.5, 0.6) is 0 Å². The molecule has 3 aromatic rings. The molecule has 0 fully saturated rings. The average molecular weight is 491 g/mol. The van der Waals surface area contributed by atoms with Crippen molar-refractivity contribution in [2.24, 2.45) is 0 Å². The summed E-state index contributed by atoms with van der Waals surface area (Å²) in [6.07, 6.45) is 3.58. The first-order chi connectivity index (χ1) is 16.0. The molecule has 0 bridgehead atoms. The SMILES string of the molecule is CCC(C)(C)P(Cc1ccccc1C(P)(c1ccccc1C)c1ccccc1C)C(C)(C)CC. The summed E-state index contributed by atoms with van der Waals surface area (Å²) in [7, 11) is 3.07. The first-order valence-corrected chi connectivity index (χ1v) is 14.9. The lowest BCUT2D eigenvalue weighted by atomic mass is 9.78. The van der Waals surface area contributed by atoms with Crippen molar-refractivity contribution in [3.05, 3.63) is 106 Å². The molecule has 0 aliphatic heterocycles. The van der Waals surface area contributed by atoms with Crippen molar-refractivity contribution in [2.45, 2.75) is 89.9 Å². The molecule has 0 aliphatic carbocycles. The molecule has 0 N–H and O–H groups in total. The van der Waals surface area contributed by atoms with Crippen molar-refractivity contribution in [1.29, 1.82) is 0 Å². The minimum Gasteiger partial charge on any atom is -0.117 e. The van der Waals surface area contributed by atoms with Crippen LogP contribution in [0, 0.1) is 13.8 Å². The minimum atomic E-state index is -0.291. The van der Waals surface area contributed by atoms with Gasteiger partial charge in [0, 0.05) is 0 Å². The van der Waals surface area contributed by atoms with Crippen LogP contribution in [0.4, 0.5) is 0 Å². The van der Waals surface area contributed by atoms with Gasteiger partial charge in [-0.2, -0.15) is 0 Å². The van der Waals surface area contributed by atoms with Gasteiger partial charge in [0.25, 0.3) is 0 Å². The number of aryl methyl sites for hydroxylation is 2. The lowest BCUT2D eigenvalue weighted by Crippen LogP contribution is -2.31. The minimum absolute atomic E-state index is 0.249. The third kappa shape index (κ3) is 5.20. The first-order valence-electron chi connectivity index (χ1n) is 12.8. The van der Waals surface area contributed by atoms with Gasteiger partial charge in [0.05, 0.1) is 5.16 Å². The molecule has 182 valence electrons. The van der Waals surface area contributed by atoms with Crippen molar-refractivity contribution in [3.8, 4) is 0 Å². The molecule has 1 unspecified atom stereocenters. The van der Waals surface area contributed by atoms with E-state index in [-0.39, 0.29) is 13.1 Å². The highest BCUT2D eigenvalue weighted by molar-refractivity contribution is 7.60. The van der Waals surface area contributed by atoms with E-state index >= 15 is 0 Å². The lowest BCUT2D eigenvalue weighted by Gasteiger charge is -2.46. The number of benzene rings is 3. The van der Waals surface area contributed by atoms with Crippen LogP contribution < -0.4 is 0 Å². The molecule has 34 heavy (non-hydrogen) atoms. The average Bonchev–Trinajstić information content (AvgIpc) is 2.82. The summed E-state index contributed by atoms with van der Waals surface area (Å²) in [6, 6.07) is 27.1. The fourth-order valence-electron chi connectivity index (χ4n) is 5.31. The largest absolute Gasteiger partial charge is 0.117 e. The van der Waals surface area contributed by atoms with E-state index < -0.39 is 0 Å². The summed E-state index contributed by atoms with van der Waals surface area (Å²) < 4.78 is 0. The predicted octanol–water partition coefficient (Wildman–Crippen LogP) is 9.83. The maximum Gasteiger partial charge on any atom is 0.0599 e. The van der Waals surface area contributed by atoms with Crippen molar-refractivity contribution in [1.82, 2.24) is 0 Å². The summed E-state index contributed by atoms with van der Waals surface area (Å²) in [5.74, 6) is 0. The van der Waals surface area contributed by atoms with E-state index in [2.05, 4.69) is 137 Å². The zero-order chi connectivity index (χ0) is 25.1. The third-order valence-electron chi connectivity index (χ3n) is 8.10. The van der Waals surface area contributed by atoms with Gasteiger partial charge in [-0.1, -0.05) is 122 Å². The Hall–Kier alpha value is -1.48. The maximum atomic E-state index is 3.32. The molecule has 0 saturated heterocycles. The van der Waals surface area contributed by atoms with E-state index in [1.165, 1.54) is 46.2 Å². The predicted molar refractivity (Wildman–Crippen MR) is 158 cm³/mol. The van der Waals surface area contributed by atoms with Gasteiger partial charge in [0.1, 0.15) is 0 Å². The van der Waals surface area contributed by atoms with Gasteiger partial charge in [-0.15, -0.1) is 9.24 Å². The quantitative estimate of drug-likeness (QED) is 0.207. The molecule has 0 aromatic heterocycles. The van der Waals surface area contributed by atoms with Crippen LogP contribution in [-0.4, -0.2) is 10.3 Å². The van der Waals surface area contributed by atoms with Crippen LogP contribution in [0.15, 0.2) is 72.8 Å². The van der Waals surface area contributed by atoms with Gasteiger partial charge >= 0.3 is 0 Å². The van der Waals surface area contributed by atoms with Crippen LogP contribution in [0.1, 0.15) is 87.8 Å². The van der Waals surface area contributed by atoms with E-state index in [1.807, 2.05) is 0 Å². The summed E-state index contributed by atoms with van der Waals surface area (Å²) in [6.45, 7) is 19.2. The van der Waals surface area contributed by atoms with Crippen LogP contribution in [0.3, 0.4) is 0 Å². The molecule has 0 heterocycles. The highest BCUT2D eigenvalue weighted by Crippen LogP contribution is 2.64. The van der Waals surface area contributed by atoms with Crippen molar-refractivity contribution < 1.29 is 0 Å². The van der Waals surface area contributed by atoms with E-state index in [4.69, 9.17) is 0 Å². The summed E-state index contributed by atoms with van der Waals surface area (Å²) >= 11 is 0. The van der Waals surface area contributed by atoms with Crippen molar-refractivity contribution in [2.75, 3.05) is 0 Å². The van der Waals surface area contributed by atoms with Gasteiger partial charge in [-0.25, -0.2) is 0 Å². The molecule has 0 radical (unpaired) electrons. The number of hydrogen-bond acceptors (Lipinski definition) is 0. The second-order valence-corrected chi connectivity index (χ2v) is 15.5. The third-order valence-corrected chi connectivity index (χ3v) is 13.2. The molecular weight excluding hydrogens is 446 g/mol. The van der Waals surface area contributed by atoms with Crippen LogP contribution in [-0.2, 0) is 11.3 Å². The van der Waals surface area contributed by atoms with Gasteiger partial charge in [0.2, 0.25) is 0 Å². The summed E-state index contributed by atoms with van der Waals surface area (Å²) in [5, 5.41) is 0.370. The topological polar surface area (TPSA) is 0 Å². The Morgan fingerprint density at radius 3 is 1.41 bits per heavy atom. The van der Waals surface area contributed by atoms with Crippen LogP contribution in [0.25, 0.3) is 0 Å². The van der Waals surface area contributed by atoms with E-state index in [9.17, 15) is 0 Å². The molecule has 2 heteroatoms. The molecule has 0 aliphatic rings. The Morgan fingerprint density at radius 2 is 1.00 bits per heavy atom. The fraction of sp³-hybridized carbons (Fsp3) is 0.438. The lowest BCUT2D eigenvalue weighted by molar-refractivity contribution is 0.601. The maximum absolute atomic E-state index is 3.32. The molecule has 1 atom stereocenters. The molecular formula is C32H44P2. The first kappa shape index (κ1) is 27.1. The number of rotatable bonds is 9. The molecule has 0 amide bonds. The highest BCUT2D eigenvalue weighted by Gasteiger charge is 2.40. The van der Waals surface area contributed by atoms with Gasteiger partial charge in [0.15, 0.2) is 0 Å². The summed E-state index contributed by atoms with van der Waals surface area (Å²) in [4.78, 5) is 0. The molecule has 0 nitrogen and oxygen atoms in total.